The number of hydrogen-bond donors (Lipinski definition) is 1. The molecule has 4 aromatic rings. The van der Waals surface area contributed by atoms with Gasteiger partial charge in [-0.25, -0.2) is 12.8 Å². The summed E-state index contributed by atoms with van der Waals surface area (Å²) in [6.07, 6.45) is 1.49. The molecule has 0 saturated heterocycles. The second-order valence-corrected chi connectivity index (χ2v) is 9.67. The predicted octanol–water partition coefficient (Wildman–Crippen LogP) is 4.90. The highest BCUT2D eigenvalue weighted by molar-refractivity contribution is 7.93. The summed E-state index contributed by atoms with van der Waals surface area (Å²) in [5.41, 5.74) is 1.07. The van der Waals surface area contributed by atoms with Crippen LogP contribution in [0.4, 0.5) is 10.1 Å². The highest BCUT2D eigenvalue weighted by Crippen LogP contribution is 2.38. The lowest BCUT2D eigenvalue weighted by Crippen LogP contribution is -2.30. The second kappa shape index (κ2) is 8.97. The van der Waals surface area contributed by atoms with Crippen molar-refractivity contribution in [2.45, 2.75) is 11.4 Å². The fourth-order valence-corrected chi connectivity index (χ4v) is 6.07. The molecule has 0 saturated carbocycles. The van der Waals surface area contributed by atoms with E-state index in [1.807, 2.05) is 0 Å². The molecular weight excluding hydrogens is 451 g/mol. The first-order chi connectivity index (χ1) is 15.4. The summed E-state index contributed by atoms with van der Waals surface area (Å²) < 4.78 is 47.6. The molecule has 0 atom stereocenters. The van der Waals surface area contributed by atoms with Crippen molar-refractivity contribution < 1.29 is 22.0 Å². The second-order valence-electron chi connectivity index (χ2n) is 6.89. The summed E-state index contributed by atoms with van der Waals surface area (Å²) in [5, 5.41) is 4.25. The van der Waals surface area contributed by atoms with E-state index in [0.717, 1.165) is 15.6 Å². The Hall–Kier alpha value is -3.43. The van der Waals surface area contributed by atoms with Gasteiger partial charge in [0.15, 0.2) is 0 Å². The number of halogens is 1. The number of furan rings is 1. The molecule has 0 radical (unpaired) electrons. The normalized spacial score (nSPS) is 11.3. The van der Waals surface area contributed by atoms with Gasteiger partial charge in [-0.3, -0.25) is 9.10 Å². The van der Waals surface area contributed by atoms with Gasteiger partial charge in [0.25, 0.3) is 15.9 Å². The van der Waals surface area contributed by atoms with Crippen molar-refractivity contribution in [1.29, 1.82) is 0 Å². The maximum Gasteiger partial charge on any atom is 0.266 e. The Morgan fingerprint density at radius 3 is 2.56 bits per heavy atom. The minimum atomic E-state index is -4.15. The van der Waals surface area contributed by atoms with Crippen molar-refractivity contribution in [3.8, 4) is 11.1 Å². The molecule has 6 nitrogen and oxygen atoms in total. The van der Waals surface area contributed by atoms with E-state index in [0.29, 0.717) is 17.0 Å². The number of carbonyl (C=O) groups is 1. The number of anilines is 1. The molecule has 0 aliphatic heterocycles. The molecule has 2 aromatic carbocycles. The van der Waals surface area contributed by atoms with Crippen LogP contribution in [-0.4, -0.2) is 21.4 Å². The number of thiophene rings is 1. The average Bonchev–Trinajstić information content (AvgIpc) is 3.48. The summed E-state index contributed by atoms with van der Waals surface area (Å²) >= 11 is 0.991. The molecule has 0 unspecified atom stereocenters. The number of carbonyl (C=O) groups excluding carboxylic acids is 1. The van der Waals surface area contributed by atoms with E-state index >= 15 is 0 Å². The van der Waals surface area contributed by atoms with Crippen molar-refractivity contribution in [3.63, 3.8) is 0 Å². The monoisotopic (exact) mass is 470 g/mol. The van der Waals surface area contributed by atoms with E-state index in [1.54, 1.807) is 53.9 Å². The van der Waals surface area contributed by atoms with Crippen LogP contribution >= 0.6 is 11.3 Å². The van der Waals surface area contributed by atoms with Gasteiger partial charge >= 0.3 is 0 Å². The average molecular weight is 471 g/mol. The summed E-state index contributed by atoms with van der Waals surface area (Å²) in [4.78, 5) is 12.8. The van der Waals surface area contributed by atoms with E-state index in [1.165, 1.54) is 31.5 Å². The first kappa shape index (κ1) is 21.8. The van der Waals surface area contributed by atoms with Crippen LogP contribution in [-0.2, 0) is 16.6 Å². The molecule has 0 fully saturated rings. The van der Waals surface area contributed by atoms with E-state index in [-0.39, 0.29) is 21.9 Å². The molecular formula is C23H19FN2O4S2. The van der Waals surface area contributed by atoms with Crippen LogP contribution < -0.4 is 9.62 Å². The van der Waals surface area contributed by atoms with Gasteiger partial charge < -0.3 is 9.73 Å². The minimum absolute atomic E-state index is 0.0126. The van der Waals surface area contributed by atoms with Crippen molar-refractivity contribution in [2.75, 3.05) is 11.4 Å². The summed E-state index contributed by atoms with van der Waals surface area (Å²) in [5.74, 6) is -0.530. The zero-order valence-electron chi connectivity index (χ0n) is 17.0. The standard InChI is InChI=1S/C23H19FN2O4S2/c1-26(18-9-3-2-4-10-18)32(28,29)22-20(16-7-5-8-17(24)13-16)15-31-21(22)23(27)25-14-19-11-6-12-30-19/h2-13,15H,14H2,1H3,(H,25,27). The number of rotatable bonds is 7. The SMILES string of the molecule is CN(c1ccccc1)S(=O)(=O)c1c(-c2cccc(F)c2)csc1C(=O)NCc1ccco1. The first-order valence-corrected chi connectivity index (χ1v) is 11.9. The van der Waals surface area contributed by atoms with Crippen LogP contribution in [0.1, 0.15) is 15.4 Å². The van der Waals surface area contributed by atoms with Crippen molar-refractivity contribution in [1.82, 2.24) is 5.32 Å². The van der Waals surface area contributed by atoms with E-state index in [9.17, 15) is 17.6 Å². The van der Waals surface area contributed by atoms with Gasteiger partial charge in [-0.05, 0) is 42.0 Å². The number of benzene rings is 2. The lowest BCUT2D eigenvalue weighted by Gasteiger charge is -2.21. The zero-order chi connectivity index (χ0) is 22.7. The number of sulfonamides is 1. The molecule has 2 aromatic heterocycles. The van der Waals surface area contributed by atoms with Crippen molar-refractivity contribution in [2.24, 2.45) is 0 Å². The number of nitrogens with zero attached hydrogens (tertiary/aromatic N) is 1. The largest absolute Gasteiger partial charge is 0.467 e. The topological polar surface area (TPSA) is 79.6 Å². The van der Waals surface area contributed by atoms with E-state index in [4.69, 9.17) is 4.42 Å². The fourth-order valence-electron chi connectivity index (χ4n) is 3.19. The van der Waals surface area contributed by atoms with Crippen LogP contribution in [0.3, 0.4) is 0 Å². The Kier molecular flexibility index (Phi) is 6.11. The van der Waals surface area contributed by atoms with Gasteiger partial charge in [0.05, 0.1) is 18.5 Å². The van der Waals surface area contributed by atoms with Gasteiger partial charge in [0.2, 0.25) is 0 Å². The van der Waals surface area contributed by atoms with E-state index < -0.39 is 21.7 Å². The molecule has 32 heavy (non-hydrogen) atoms. The van der Waals surface area contributed by atoms with Gasteiger partial charge in [0, 0.05) is 18.0 Å². The Bertz CT molecular complexity index is 1330. The molecule has 0 aliphatic rings. The molecule has 9 heteroatoms. The lowest BCUT2D eigenvalue weighted by molar-refractivity contribution is 0.0949. The predicted molar refractivity (Wildman–Crippen MR) is 122 cm³/mol. The zero-order valence-corrected chi connectivity index (χ0v) is 18.6. The highest BCUT2D eigenvalue weighted by Gasteiger charge is 2.32. The van der Waals surface area contributed by atoms with Crippen LogP contribution in [0.2, 0.25) is 0 Å². The molecule has 1 amide bonds. The maximum atomic E-state index is 13.9. The van der Waals surface area contributed by atoms with Crippen LogP contribution in [0.25, 0.3) is 11.1 Å². The molecule has 164 valence electrons. The Balaban J connectivity index is 1.80. The number of para-hydroxylation sites is 1. The minimum Gasteiger partial charge on any atom is -0.467 e. The molecule has 2 heterocycles. The van der Waals surface area contributed by atoms with Crippen LogP contribution in [0.15, 0.2) is 87.7 Å². The molecule has 0 spiro atoms. The van der Waals surface area contributed by atoms with E-state index in [2.05, 4.69) is 5.32 Å². The van der Waals surface area contributed by atoms with Gasteiger partial charge in [-0.2, -0.15) is 0 Å². The Morgan fingerprint density at radius 1 is 1.09 bits per heavy atom. The third kappa shape index (κ3) is 4.30. The maximum absolute atomic E-state index is 13.9. The van der Waals surface area contributed by atoms with Crippen molar-refractivity contribution in [3.05, 3.63) is 94.8 Å². The third-order valence-corrected chi connectivity index (χ3v) is 7.81. The smallest absolute Gasteiger partial charge is 0.266 e. The highest BCUT2D eigenvalue weighted by atomic mass is 32.2. The summed E-state index contributed by atoms with van der Waals surface area (Å²) in [7, 11) is -2.73. The quantitative estimate of drug-likeness (QED) is 0.417. The number of hydrogen-bond acceptors (Lipinski definition) is 5. The Labute approximate surface area is 189 Å². The molecule has 0 bridgehead atoms. The van der Waals surface area contributed by atoms with Crippen molar-refractivity contribution >= 4 is 33.0 Å². The van der Waals surface area contributed by atoms with Crippen LogP contribution in [0, 0.1) is 5.82 Å². The third-order valence-electron chi connectivity index (χ3n) is 4.83. The van der Waals surface area contributed by atoms with Gasteiger partial charge in [-0.1, -0.05) is 30.3 Å². The molecule has 4 rings (SSSR count). The molecule has 0 aliphatic carbocycles. The first-order valence-electron chi connectivity index (χ1n) is 9.60. The summed E-state index contributed by atoms with van der Waals surface area (Å²) in [6.45, 7) is 0.104. The number of nitrogens with one attached hydrogen (secondary N) is 1. The fraction of sp³-hybridized carbons (Fsp3) is 0.0870. The lowest BCUT2D eigenvalue weighted by atomic mass is 10.1. The molecule has 1 N–H and O–H groups in total. The summed E-state index contributed by atoms with van der Waals surface area (Å²) in [6, 6.07) is 17.6. The van der Waals surface area contributed by atoms with Gasteiger partial charge in [0.1, 0.15) is 21.4 Å². The van der Waals surface area contributed by atoms with Crippen LogP contribution in [0.5, 0.6) is 0 Å². The van der Waals surface area contributed by atoms with Gasteiger partial charge in [-0.15, -0.1) is 11.3 Å². The Morgan fingerprint density at radius 2 is 1.88 bits per heavy atom. The number of amides is 1.